The van der Waals surface area contributed by atoms with Gasteiger partial charge in [-0.05, 0) is 31.0 Å². The van der Waals surface area contributed by atoms with E-state index in [1.165, 1.54) is 5.56 Å². The highest BCUT2D eigenvalue weighted by Crippen LogP contribution is 2.34. The lowest BCUT2D eigenvalue weighted by Crippen LogP contribution is -2.38. The van der Waals surface area contributed by atoms with Crippen molar-refractivity contribution >= 4 is 11.8 Å². The molecule has 4 rings (SSSR count). The molecule has 1 N–H and O–H groups in total. The van der Waals surface area contributed by atoms with Gasteiger partial charge in [0, 0.05) is 13.2 Å². The van der Waals surface area contributed by atoms with Crippen molar-refractivity contribution in [3.63, 3.8) is 0 Å². The van der Waals surface area contributed by atoms with Crippen LogP contribution in [0.5, 0.6) is 0 Å². The molecule has 0 unspecified atom stereocenters. The third-order valence-corrected chi connectivity index (χ3v) is 5.44. The van der Waals surface area contributed by atoms with Gasteiger partial charge in [-0.1, -0.05) is 29.8 Å². The van der Waals surface area contributed by atoms with Gasteiger partial charge in [0.15, 0.2) is 0 Å². The second kappa shape index (κ2) is 7.56. The Morgan fingerprint density at radius 1 is 1.22 bits per heavy atom. The molecule has 2 fully saturated rings. The molecule has 2 saturated heterocycles. The summed E-state index contributed by atoms with van der Waals surface area (Å²) in [5.41, 5.74) is 2.16. The van der Waals surface area contributed by atoms with E-state index in [0.29, 0.717) is 31.9 Å². The molecule has 2 amide bonds. The molecule has 2 aliphatic rings. The number of ether oxygens (including phenoxy) is 1. The zero-order valence-corrected chi connectivity index (χ0v) is 15.4. The summed E-state index contributed by atoms with van der Waals surface area (Å²) in [5.74, 6) is 0.335. The van der Waals surface area contributed by atoms with Crippen LogP contribution in [0.3, 0.4) is 0 Å². The third kappa shape index (κ3) is 3.76. The maximum absolute atomic E-state index is 12.9. The van der Waals surface area contributed by atoms with Crippen molar-refractivity contribution in [2.45, 2.75) is 38.5 Å². The van der Waals surface area contributed by atoms with E-state index < -0.39 is 0 Å². The van der Waals surface area contributed by atoms with Crippen molar-refractivity contribution in [1.82, 2.24) is 10.2 Å². The first-order valence-corrected chi connectivity index (χ1v) is 9.38. The number of furan rings is 1. The number of nitrogens with zero attached hydrogens (tertiary/aromatic N) is 1. The van der Waals surface area contributed by atoms with Crippen LogP contribution in [0.25, 0.3) is 0 Å². The second-order valence-corrected chi connectivity index (χ2v) is 7.30. The maximum Gasteiger partial charge on any atom is 0.227 e. The van der Waals surface area contributed by atoms with Gasteiger partial charge in [-0.2, -0.15) is 0 Å². The van der Waals surface area contributed by atoms with Crippen molar-refractivity contribution in [2.75, 3.05) is 13.2 Å². The number of aryl methyl sites for hydroxylation is 1. The van der Waals surface area contributed by atoms with E-state index in [0.717, 1.165) is 12.0 Å². The average Bonchev–Trinajstić information content (AvgIpc) is 3.39. The second-order valence-electron chi connectivity index (χ2n) is 7.30. The summed E-state index contributed by atoms with van der Waals surface area (Å²) >= 11 is 0. The van der Waals surface area contributed by atoms with Crippen LogP contribution >= 0.6 is 0 Å². The predicted molar refractivity (Wildman–Crippen MR) is 98.8 cm³/mol. The van der Waals surface area contributed by atoms with Crippen LogP contribution in [0.2, 0.25) is 0 Å². The lowest BCUT2D eigenvalue weighted by atomic mass is 10.0. The van der Waals surface area contributed by atoms with Crippen LogP contribution in [0, 0.1) is 12.8 Å². The molecule has 142 valence electrons. The van der Waals surface area contributed by atoms with E-state index in [9.17, 15) is 9.59 Å². The Morgan fingerprint density at radius 3 is 2.78 bits per heavy atom. The van der Waals surface area contributed by atoms with Crippen LogP contribution in [-0.2, 0) is 27.3 Å². The number of hydrogen-bond donors (Lipinski definition) is 1. The first-order valence-electron chi connectivity index (χ1n) is 9.38. The number of carbonyl (C=O) groups is 2. The number of likely N-dealkylation sites (tertiary alicyclic amines) is 1. The van der Waals surface area contributed by atoms with E-state index in [-0.39, 0.29) is 29.9 Å². The Morgan fingerprint density at radius 2 is 2.04 bits per heavy atom. The van der Waals surface area contributed by atoms with E-state index >= 15 is 0 Å². The monoisotopic (exact) mass is 368 g/mol. The van der Waals surface area contributed by atoms with Gasteiger partial charge < -0.3 is 19.4 Å². The molecule has 2 aliphatic heterocycles. The number of amides is 2. The molecule has 1 aromatic heterocycles. The molecule has 6 nitrogen and oxygen atoms in total. The van der Waals surface area contributed by atoms with Gasteiger partial charge in [0.25, 0.3) is 0 Å². The minimum Gasteiger partial charge on any atom is -0.467 e. The zero-order valence-electron chi connectivity index (χ0n) is 15.4. The maximum atomic E-state index is 12.9. The highest BCUT2D eigenvalue weighted by atomic mass is 16.5. The van der Waals surface area contributed by atoms with Crippen LogP contribution in [0.4, 0.5) is 0 Å². The predicted octanol–water partition coefficient (Wildman–Crippen LogP) is 2.06. The third-order valence-electron chi connectivity index (χ3n) is 5.44. The molecular weight excluding hydrogens is 344 g/mol. The van der Waals surface area contributed by atoms with Crippen LogP contribution in [0.15, 0.2) is 47.1 Å². The summed E-state index contributed by atoms with van der Waals surface area (Å²) < 4.78 is 11.1. The molecule has 0 spiro atoms. The summed E-state index contributed by atoms with van der Waals surface area (Å²) in [6.45, 7) is 3.37. The standard InChI is InChI=1S/C21H24N2O4/c1-14-4-6-15(7-5-14)11-19(24)23-13-17(20-18(23)8-10-27-20)21(25)22-12-16-3-2-9-26-16/h2-7,9,17-18,20H,8,10-13H2,1H3,(H,22,25)/t17-,18+,20-/m0/s1. The first kappa shape index (κ1) is 17.8. The molecule has 0 radical (unpaired) electrons. The molecule has 2 aromatic rings. The number of rotatable bonds is 5. The smallest absolute Gasteiger partial charge is 0.227 e. The highest BCUT2D eigenvalue weighted by molar-refractivity contribution is 5.84. The molecule has 0 saturated carbocycles. The fraction of sp³-hybridized carbons (Fsp3) is 0.429. The molecule has 1 aromatic carbocycles. The number of nitrogens with one attached hydrogen (secondary N) is 1. The van der Waals surface area contributed by atoms with Gasteiger partial charge >= 0.3 is 0 Å². The fourth-order valence-corrected chi connectivity index (χ4v) is 3.99. The lowest BCUT2D eigenvalue weighted by molar-refractivity contribution is -0.131. The van der Waals surface area contributed by atoms with Crippen LogP contribution in [-0.4, -0.2) is 42.0 Å². The van der Waals surface area contributed by atoms with Crippen LogP contribution in [0.1, 0.15) is 23.3 Å². The Bertz CT molecular complexity index is 800. The van der Waals surface area contributed by atoms with Crippen molar-refractivity contribution in [3.05, 3.63) is 59.5 Å². The molecule has 0 bridgehead atoms. The van der Waals surface area contributed by atoms with Gasteiger partial charge in [-0.15, -0.1) is 0 Å². The van der Waals surface area contributed by atoms with Gasteiger partial charge in [0.1, 0.15) is 5.76 Å². The largest absolute Gasteiger partial charge is 0.467 e. The Balaban J connectivity index is 1.41. The molecular formula is C21H24N2O4. The van der Waals surface area contributed by atoms with Gasteiger partial charge in [-0.25, -0.2) is 0 Å². The van der Waals surface area contributed by atoms with E-state index in [4.69, 9.17) is 9.15 Å². The lowest BCUT2D eigenvalue weighted by Gasteiger charge is -2.22. The van der Waals surface area contributed by atoms with E-state index in [1.54, 1.807) is 12.3 Å². The van der Waals surface area contributed by atoms with Gasteiger partial charge in [-0.3, -0.25) is 9.59 Å². The van der Waals surface area contributed by atoms with Crippen LogP contribution < -0.4 is 5.32 Å². The zero-order chi connectivity index (χ0) is 18.8. The molecule has 6 heteroatoms. The van der Waals surface area contributed by atoms with Crippen molar-refractivity contribution in [3.8, 4) is 0 Å². The highest BCUT2D eigenvalue weighted by Gasteiger charge is 2.50. The van der Waals surface area contributed by atoms with Crippen molar-refractivity contribution in [2.24, 2.45) is 5.92 Å². The number of hydrogen-bond acceptors (Lipinski definition) is 4. The number of carbonyl (C=O) groups excluding carboxylic acids is 2. The summed E-state index contributed by atoms with van der Waals surface area (Å²) in [7, 11) is 0. The summed E-state index contributed by atoms with van der Waals surface area (Å²) in [6.07, 6.45) is 2.50. The van der Waals surface area contributed by atoms with E-state index in [2.05, 4.69) is 5.32 Å². The number of benzene rings is 1. The molecule has 0 aliphatic carbocycles. The Hall–Kier alpha value is -2.60. The van der Waals surface area contributed by atoms with Crippen molar-refractivity contribution in [1.29, 1.82) is 0 Å². The Labute approximate surface area is 158 Å². The average molecular weight is 368 g/mol. The fourth-order valence-electron chi connectivity index (χ4n) is 3.99. The topological polar surface area (TPSA) is 71.8 Å². The normalized spacial score (nSPS) is 24.0. The first-order chi connectivity index (χ1) is 13.1. The SMILES string of the molecule is Cc1ccc(CC(=O)N2C[C@H](C(=O)NCc3ccco3)[C@@H]3OCC[C@H]32)cc1. The Kier molecular flexibility index (Phi) is 4.99. The molecule has 3 atom stereocenters. The molecule has 27 heavy (non-hydrogen) atoms. The summed E-state index contributed by atoms with van der Waals surface area (Å²) in [4.78, 5) is 27.4. The number of fused-ring (bicyclic) bond motifs is 1. The van der Waals surface area contributed by atoms with Gasteiger partial charge in [0.05, 0.1) is 37.3 Å². The summed E-state index contributed by atoms with van der Waals surface area (Å²) in [6, 6.07) is 11.6. The minimum atomic E-state index is -0.338. The molecule has 3 heterocycles. The van der Waals surface area contributed by atoms with Crippen molar-refractivity contribution < 1.29 is 18.7 Å². The van der Waals surface area contributed by atoms with Gasteiger partial charge in [0.2, 0.25) is 11.8 Å². The summed E-state index contributed by atoms with van der Waals surface area (Å²) in [5, 5.41) is 2.90. The van der Waals surface area contributed by atoms with E-state index in [1.807, 2.05) is 42.2 Å². The quantitative estimate of drug-likeness (QED) is 0.877. The minimum absolute atomic E-state index is 0.0117.